The fourth-order valence-corrected chi connectivity index (χ4v) is 1.77. The molecule has 0 radical (unpaired) electrons. The molecule has 0 spiro atoms. The highest BCUT2D eigenvalue weighted by atomic mass is 16.4. The zero-order valence-corrected chi connectivity index (χ0v) is 9.33. The van der Waals surface area contributed by atoms with Crippen molar-refractivity contribution in [3.8, 4) is 11.5 Å². The van der Waals surface area contributed by atoms with E-state index in [1.165, 1.54) is 0 Å². The number of hydrogen-bond acceptors (Lipinski definition) is 4. The summed E-state index contributed by atoms with van der Waals surface area (Å²) in [5.74, 6) is -0.168. The number of hydrogen-bond donors (Lipinski definition) is 1. The summed E-state index contributed by atoms with van der Waals surface area (Å²) in [7, 11) is 0. The second-order valence-electron chi connectivity index (χ2n) is 3.76. The molecule has 0 saturated heterocycles. The average molecular weight is 239 g/mol. The molecule has 2 heterocycles. The van der Waals surface area contributed by atoms with Crippen LogP contribution in [-0.4, -0.2) is 15.9 Å². The molecule has 0 aliphatic rings. The Hall–Kier alpha value is -2.69. The molecule has 18 heavy (non-hydrogen) atoms. The van der Waals surface area contributed by atoms with Gasteiger partial charge in [-0.25, -0.2) is 9.97 Å². The first-order valence-electron chi connectivity index (χ1n) is 5.36. The number of nitrogens with two attached hydrogens (primary N) is 1. The van der Waals surface area contributed by atoms with Crippen molar-refractivity contribution in [2.24, 2.45) is 5.73 Å². The van der Waals surface area contributed by atoms with Gasteiger partial charge in [0, 0.05) is 11.8 Å². The zero-order chi connectivity index (χ0) is 12.5. The van der Waals surface area contributed by atoms with E-state index in [0.29, 0.717) is 28.2 Å². The van der Waals surface area contributed by atoms with E-state index >= 15 is 0 Å². The third kappa shape index (κ3) is 1.62. The van der Waals surface area contributed by atoms with Crippen LogP contribution in [0, 0.1) is 0 Å². The lowest BCUT2D eigenvalue weighted by Crippen LogP contribution is -2.12. The average Bonchev–Trinajstić information content (AvgIpc) is 2.82. The lowest BCUT2D eigenvalue weighted by atomic mass is 10.1. The van der Waals surface area contributed by atoms with Gasteiger partial charge in [-0.05, 0) is 24.3 Å². The number of benzene rings is 1. The quantitative estimate of drug-likeness (QED) is 0.741. The third-order valence-corrected chi connectivity index (χ3v) is 2.59. The van der Waals surface area contributed by atoms with E-state index in [2.05, 4.69) is 9.97 Å². The molecule has 0 bridgehead atoms. The van der Waals surface area contributed by atoms with Crippen molar-refractivity contribution in [1.29, 1.82) is 0 Å². The molecule has 5 heteroatoms. The van der Waals surface area contributed by atoms with Gasteiger partial charge in [-0.2, -0.15) is 0 Å². The molecule has 0 aliphatic carbocycles. The fraction of sp³-hybridized carbons (Fsp3) is 0. The van der Waals surface area contributed by atoms with Crippen molar-refractivity contribution < 1.29 is 9.21 Å². The topological polar surface area (TPSA) is 82.0 Å². The Kier molecular flexibility index (Phi) is 2.30. The minimum absolute atomic E-state index is 0.345. The molecule has 88 valence electrons. The summed E-state index contributed by atoms with van der Waals surface area (Å²) >= 11 is 0. The van der Waals surface area contributed by atoms with Crippen LogP contribution in [-0.2, 0) is 0 Å². The van der Waals surface area contributed by atoms with Gasteiger partial charge >= 0.3 is 0 Å². The van der Waals surface area contributed by atoms with Crippen LogP contribution in [0.25, 0.3) is 22.7 Å². The van der Waals surface area contributed by atoms with Crippen molar-refractivity contribution in [2.75, 3.05) is 0 Å². The predicted molar refractivity (Wildman–Crippen MR) is 65.8 cm³/mol. The molecule has 0 unspecified atom stereocenters. The molecule has 5 nitrogen and oxygen atoms in total. The van der Waals surface area contributed by atoms with Crippen LogP contribution in [0.2, 0.25) is 0 Å². The van der Waals surface area contributed by atoms with Gasteiger partial charge < -0.3 is 10.2 Å². The molecule has 1 amide bonds. The van der Waals surface area contributed by atoms with E-state index in [-0.39, 0.29) is 0 Å². The van der Waals surface area contributed by atoms with Crippen LogP contribution in [0.15, 0.2) is 47.0 Å². The summed E-state index contributed by atoms with van der Waals surface area (Å²) < 4.78 is 5.51. The molecule has 1 aromatic carbocycles. The normalized spacial score (nSPS) is 10.7. The van der Waals surface area contributed by atoms with Crippen LogP contribution < -0.4 is 5.73 Å². The highest BCUT2D eigenvalue weighted by molar-refractivity contribution is 5.99. The van der Waals surface area contributed by atoms with Gasteiger partial charge in [0.1, 0.15) is 5.52 Å². The highest BCUT2D eigenvalue weighted by Crippen LogP contribution is 2.25. The SMILES string of the molecule is NC(=O)c1ccccc1-c1nc2cccnc2o1. The van der Waals surface area contributed by atoms with E-state index in [9.17, 15) is 4.79 Å². The van der Waals surface area contributed by atoms with Gasteiger partial charge in [0.25, 0.3) is 0 Å². The van der Waals surface area contributed by atoms with E-state index in [0.717, 1.165) is 0 Å². The Balaban J connectivity index is 2.23. The number of fused-ring (bicyclic) bond motifs is 1. The Morgan fingerprint density at radius 2 is 2.00 bits per heavy atom. The highest BCUT2D eigenvalue weighted by Gasteiger charge is 2.14. The number of primary amides is 1. The van der Waals surface area contributed by atoms with Gasteiger partial charge in [-0.15, -0.1) is 0 Å². The molecule has 2 aromatic heterocycles. The number of carbonyl (C=O) groups is 1. The molecule has 0 saturated carbocycles. The maximum absolute atomic E-state index is 11.3. The van der Waals surface area contributed by atoms with Crippen LogP contribution in [0.5, 0.6) is 0 Å². The number of oxazole rings is 1. The fourth-order valence-electron chi connectivity index (χ4n) is 1.77. The molecule has 3 aromatic rings. The number of rotatable bonds is 2. The van der Waals surface area contributed by atoms with Crippen LogP contribution >= 0.6 is 0 Å². The lowest BCUT2D eigenvalue weighted by molar-refractivity contribution is 0.100. The maximum Gasteiger partial charge on any atom is 0.249 e. The molecule has 0 fully saturated rings. The first-order chi connectivity index (χ1) is 8.75. The minimum atomic E-state index is -0.513. The molecular formula is C13H9N3O2. The van der Waals surface area contributed by atoms with E-state index in [4.69, 9.17) is 10.2 Å². The first-order valence-corrected chi connectivity index (χ1v) is 5.36. The monoisotopic (exact) mass is 239 g/mol. The summed E-state index contributed by atoms with van der Waals surface area (Å²) in [4.78, 5) is 19.7. The van der Waals surface area contributed by atoms with E-state index in [1.807, 2.05) is 0 Å². The number of nitrogens with zero attached hydrogens (tertiary/aromatic N) is 2. The van der Waals surface area contributed by atoms with Gasteiger partial charge in [-0.3, -0.25) is 4.79 Å². The Bertz CT molecular complexity index is 701. The molecule has 2 N–H and O–H groups in total. The van der Waals surface area contributed by atoms with E-state index < -0.39 is 5.91 Å². The van der Waals surface area contributed by atoms with Crippen molar-refractivity contribution in [1.82, 2.24) is 9.97 Å². The van der Waals surface area contributed by atoms with Gasteiger partial charge in [-0.1, -0.05) is 12.1 Å². The second kappa shape index (κ2) is 3.96. The number of aromatic nitrogens is 2. The number of pyridine rings is 1. The van der Waals surface area contributed by atoms with Gasteiger partial charge in [0.2, 0.25) is 17.5 Å². The Morgan fingerprint density at radius 3 is 2.78 bits per heavy atom. The second-order valence-corrected chi connectivity index (χ2v) is 3.76. The summed E-state index contributed by atoms with van der Waals surface area (Å²) in [6, 6.07) is 10.5. The Morgan fingerprint density at radius 1 is 1.17 bits per heavy atom. The van der Waals surface area contributed by atoms with Crippen LogP contribution in [0.4, 0.5) is 0 Å². The molecule has 0 atom stereocenters. The first kappa shape index (κ1) is 10.5. The zero-order valence-electron chi connectivity index (χ0n) is 9.33. The summed E-state index contributed by atoms with van der Waals surface area (Å²) in [6.45, 7) is 0. The van der Waals surface area contributed by atoms with E-state index in [1.54, 1.807) is 42.6 Å². The molecule has 0 aliphatic heterocycles. The third-order valence-electron chi connectivity index (χ3n) is 2.59. The number of carbonyl (C=O) groups excluding carboxylic acids is 1. The smallest absolute Gasteiger partial charge is 0.249 e. The van der Waals surface area contributed by atoms with Crippen molar-refractivity contribution in [3.63, 3.8) is 0 Å². The standard InChI is InChI=1S/C13H9N3O2/c14-11(17)8-4-1-2-5-9(8)12-16-10-6-3-7-15-13(10)18-12/h1-7H,(H2,14,17). The maximum atomic E-state index is 11.3. The summed E-state index contributed by atoms with van der Waals surface area (Å²) in [5, 5.41) is 0. The Labute approximate surface area is 102 Å². The summed E-state index contributed by atoms with van der Waals surface area (Å²) in [5.41, 5.74) is 7.36. The van der Waals surface area contributed by atoms with Crippen molar-refractivity contribution in [2.45, 2.75) is 0 Å². The molecule has 3 rings (SSSR count). The number of amides is 1. The van der Waals surface area contributed by atoms with Crippen molar-refractivity contribution >= 4 is 17.1 Å². The van der Waals surface area contributed by atoms with Crippen LogP contribution in [0.1, 0.15) is 10.4 Å². The van der Waals surface area contributed by atoms with Gasteiger partial charge in [0.05, 0.1) is 5.56 Å². The van der Waals surface area contributed by atoms with Crippen molar-refractivity contribution in [3.05, 3.63) is 48.2 Å². The largest absolute Gasteiger partial charge is 0.418 e. The predicted octanol–water partition coefficient (Wildman–Crippen LogP) is 1.99. The van der Waals surface area contributed by atoms with Gasteiger partial charge in [0.15, 0.2) is 0 Å². The van der Waals surface area contributed by atoms with Crippen LogP contribution in [0.3, 0.4) is 0 Å². The lowest BCUT2D eigenvalue weighted by Gasteiger charge is -2.00. The minimum Gasteiger partial charge on any atom is -0.418 e. The molecular weight excluding hydrogens is 230 g/mol. The summed E-state index contributed by atoms with van der Waals surface area (Å²) in [6.07, 6.45) is 1.62.